The molecule has 0 spiro atoms. The largest absolute Gasteiger partial charge is 0.461 e. The Morgan fingerprint density at radius 1 is 1.28 bits per heavy atom. The minimum Gasteiger partial charge on any atom is -0.461 e. The SMILES string of the molecule is CC1(C)CCN(c2cccc(C(F)(F)F)c2)N1.Cc1ccoc1C=O. The van der Waals surface area contributed by atoms with Crippen LogP contribution in [0, 0.1) is 6.92 Å². The number of rotatable bonds is 2. The van der Waals surface area contributed by atoms with Crippen LogP contribution in [0.4, 0.5) is 18.9 Å². The summed E-state index contributed by atoms with van der Waals surface area (Å²) in [5, 5.41) is 1.77. The number of nitrogens with one attached hydrogen (secondary N) is 1. The second-order valence-electron chi connectivity index (χ2n) is 6.53. The molecule has 1 aliphatic rings. The number of hydrogen-bond donors (Lipinski definition) is 1. The molecule has 0 amide bonds. The van der Waals surface area contributed by atoms with Crippen molar-refractivity contribution in [3.8, 4) is 0 Å². The van der Waals surface area contributed by atoms with Crippen molar-refractivity contribution in [1.82, 2.24) is 5.43 Å². The van der Waals surface area contributed by atoms with Gasteiger partial charge in [-0.15, -0.1) is 0 Å². The summed E-state index contributed by atoms with van der Waals surface area (Å²) < 4.78 is 42.4. The summed E-state index contributed by atoms with van der Waals surface area (Å²) >= 11 is 0. The minimum atomic E-state index is -4.29. The number of hydrogen-bond acceptors (Lipinski definition) is 4. The Labute approximate surface area is 144 Å². The van der Waals surface area contributed by atoms with Gasteiger partial charge in [-0.2, -0.15) is 13.2 Å². The van der Waals surface area contributed by atoms with Gasteiger partial charge in [-0.1, -0.05) is 6.07 Å². The van der Waals surface area contributed by atoms with Crippen molar-refractivity contribution in [2.24, 2.45) is 0 Å². The monoisotopic (exact) mass is 354 g/mol. The van der Waals surface area contributed by atoms with E-state index in [9.17, 15) is 18.0 Å². The summed E-state index contributed by atoms with van der Waals surface area (Å²) in [6, 6.07) is 7.14. The van der Waals surface area contributed by atoms with E-state index < -0.39 is 11.7 Å². The van der Waals surface area contributed by atoms with E-state index in [1.165, 1.54) is 18.4 Å². The summed E-state index contributed by atoms with van der Waals surface area (Å²) in [7, 11) is 0. The summed E-state index contributed by atoms with van der Waals surface area (Å²) in [6.45, 7) is 6.60. The fourth-order valence-corrected chi connectivity index (χ4v) is 2.42. The van der Waals surface area contributed by atoms with Crippen LogP contribution in [-0.2, 0) is 6.18 Å². The van der Waals surface area contributed by atoms with Crippen molar-refractivity contribution in [3.63, 3.8) is 0 Å². The molecule has 0 saturated carbocycles. The van der Waals surface area contributed by atoms with Gasteiger partial charge in [-0.05, 0) is 57.0 Å². The van der Waals surface area contributed by atoms with Gasteiger partial charge in [0.25, 0.3) is 0 Å². The van der Waals surface area contributed by atoms with Gasteiger partial charge >= 0.3 is 6.18 Å². The zero-order valence-corrected chi connectivity index (χ0v) is 14.4. The van der Waals surface area contributed by atoms with E-state index in [4.69, 9.17) is 4.42 Å². The smallest absolute Gasteiger partial charge is 0.416 e. The second kappa shape index (κ2) is 7.31. The van der Waals surface area contributed by atoms with Gasteiger partial charge in [-0.25, -0.2) is 5.43 Å². The molecular weight excluding hydrogens is 333 g/mol. The molecule has 1 fully saturated rings. The molecule has 25 heavy (non-hydrogen) atoms. The molecular formula is C18H21F3N2O2. The number of furan rings is 1. The first kappa shape index (κ1) is 19.1. The standard InChI is InChI=1S/C12H15F3N2.C6H6O2/c1-11(2)6-7-17(16-11)10-5-3-4-9(8-10)12(13,14)15;1-5-2-3-8-6(5)4-7/h3-5,8,16H,6-7H2,1-2H3;2-4H,1H3. The maximum atomic E-state index is 12.6. The molecule has 0 bridgehead atoms. The Morgan fingerprint density at radius 2 is 2.00 bits per heavy atom. The van der Waals surface area contributed by atoms with Crippen LogP contribution in [0.3, 0.4) is 0 Å². The maximum Gasteiger partial charge on any atom is 0.416 e. The highest BCUT2D eigenvalue weighted by atomic mass is 19.4. The third kappa shape index (κ3) is 5.09. The number of aryl methyl sites for hydroxylation is 1. The van der Waals surface area contributed by atoms with E-state index in [1.807, 2.05) is 20.8 Å². The molecule has 4 nitrogen and oxygen atoms in total. The van der Waals surface area contributed by atoms with Crippen molar-refractivity contribution in [2.75, 3.05) is 11.6 Å². The van der Waals surface area contributed by atoms with Crippen molar-refractivity contribution < 1.29 is 22.4 Å². The lowest BCUT2D eigenvalue weighted by atomic mass is 10.0. The maximum absolute atomic E-state index is 12.6. The molecule has 136 valence electrons. The van der Waals surface area contributed by atoms with Gasteiger partial charge in [0.2, 0.25) is 0 Å². The van der Waals surface area contributed by atoms with E-state index >= 15 is 0 Å². The predicted octanol–water partition coefficient (Wildman–Crippen LogP) is 4.60. The zero-order valence-electron chi connectivity index (χ0n) is 14.4. The van der Waals surface area contributed by atoms with Crippen LogP contribution in [0.15, 0.2) is 41.0 Å². The van der Waals surface area contributed by atoms with E-state index in [-0.39, 0.29) is 5.54 Å². The van der Waals surface area contributed by atoms with Crippen LogP contribution < -0.4 is 10.4 Å². The van der Waals surface area contributed by atoms with Gasteiger partial charge < -0.3 is 9.43 Å². The molecule has 1 aromatic carbocycles. The number of benzene rings is 1. The van der Waals surface area contributed by atoms with Crippen LogP contribution in [0.25, 0.3) is 0 Å². The molecule has 1 aromatic heterocycles. The third-order valence-corrected chi connectivity index (χ3v) is 3.89. The fraction of sp³-hybridized carbons (Fsp3) is 0.389. The Bertz CT molecular complexity index is 723. The quantitative estimate of drug-likeness (QED) is 0.801. The highest BCUT2D eigenvalue weighted by Gasteiger charge is 2.32. The van der Waals surface area contributed by atoms with Crippen molar-refractivity contribution in [1.29, 1.82) is 0 Å². The number of carbonyl (C=O) groups is 1. The van der Waals surface area contributed by atoms with Gasteiger partial charge in [0.05, 0.1) is 17.5 Å². The Hall–Kier alpha value is -2.28. The third-order valence-electron chi connectivity index (χ3n) is 3.89. The second-order valence-corrected chi connectivity index (χ2v) is 6.53. The molecule has 0 atom stereocenters. The lowest BCUT2D eigenvalue weighted by molar-refractivity contribution is -0.137. The Morgan fingerprint density at radius 3 is 2.44 bits per heavy atom. The minimum absolute atomic E-state index is 0.0613. The topological polar surface area (TPSA) is 45.5 Å². The molecule has 1 aliphatic heterocycles. The number of halogens is 3. The normalized spacial score (nSPS) is 16.3. The summed E-state index contributed by atoms with van der Waals surface area (Å²) in [6.07, 6.45) is -1.18. The Kier molecular flexibility index (Phi) is 5.57. The molecule has 0 radical (unpaired) electrons. The molecule has 1 saturated heterocycles. The first-order valence-electron chi connectivity index (χ1n) is 7.84. The average Bonchev–Trinajstić information content (AvgIpc) is 3.12. The highest BCUT2D eigenvalue weighted by Crippen LogP contribution is 2.32. The number of aldehydes is 1. The lowest BCUT2D eigenvalue weighted by Gasteiger charge is -2.24. The summed E-state index contributed by atoms with van der Waals surface area (Å²) in [5.74, 6) is 0.421. The lowest BCUT2D eigenvalue weighted by Crippen LogP contribution is -2.41. The molecule has 1 N–H and O–H groups in total. The molecule has 7 heteroatoms. The van der Waals surface area contributed by atoms with Crippen LogP contribution in [0.1, 0.15) is 41.9 Å². The van der Waals surface area contributed by atoms with Crippen molar-refractivity contribution in [3.05, 3.63) is 53.5 Å². The molecule has 2 heterocycles. The van der Waals surface area contributed by atoms with Crippen LogP contribution in [0.2, 0.25) is 0 Å². The van der Waals surface area contributed by atoms with E-state index in [2.05, 4.69) is 5.43 Å². The molecule has 0 unspecified atom stereocenters. The summed E-state index contributed by atoms with van der Waals surface area (Å²) in [4.78, 5) is 9.99. The van der Waals surface area contributed by atoms with Crippen LogP contribution in [0.5, 0.6) is 0 Å². The van der Waals surface area contributed by atoms with E-state index in [0.717, 1.165) is 18.1 Å². The van der Waals surface area contributed by atoms with Crippen molar-refractivity contribution in [2.45, 2.75) is 38.9 Å². The van der Waals surface area contributed by atoms with Crippen molar-refractivity contribution >= 4 is 12.0 Å². The predicted molar refractivity (Wildman–Crippen MR) is 89.5 cm³/mol. The number of anilines is 1. The summed E-state index contributed by atoms with van der Waals surface area (Å²) in [5.41, 5.74) is 3.97. The van der Waals surface area contributed by atoms with Gasteiger partial charge in [0, 0.05) is 12.1 Å². The molecule has 2 aromatic rings. The van der Waals surface area contributed by atoms with Gasteiger partial charge in [0.15, 0.2) is 12.0 Å². The fourth-order valence-electron chi connectivity index (χ4n) is 2.42. The molecule has 0 aliphatic carbocycles. The Balaban J connectivity index is 0.000000236. The van der Waals surface area contributed by atoms with Gasteiger partial charge in [0.1, 0.15) is 0 Å². The highest BCUT2D eigenvalue weighted by molar-refractivity contribution is 5.72. The van der Waals surface area contributed by atoms with E-state index in [1.54, 1.807) is 17.1 Å². The van der Waals surface area contributed by atoms with Gasteiger partial charge in [-0.3, -0.25) is 4.79 Å². The number of hydrazine groups is 1. The molecule has 3 rings (SSSR count). The number of carbonyl (C=O) groups excluding carboxylic acids is 1. The average molecular weight is 354 g/mol. The first-order valence-corrected chi connectivity index (χ1v) is 7.84. The zero-order chi connectivity index (χ0) is 18.7. The van der Waals surface area contributed by atoms with Crippen LogP contribution >= 0.6 is 0 Å². The first-order chi connectivity index (χ1) is 11.6. The number of nitrogens with zero attached hydrogens (tertiary/aromatic N) is 1. The van der Waals surface area contributed by atoms with E-state index in [0.29, 0.717) is 24.3 Å². The van der Waals surface area contributed by atoms with Crippen LogP contribution in [-0.4, -0.2) is 18.4 Å². The number of alkyl halides is 3.